The fourth-order valence-electron chi connectivity index (χ4n) is 3.61. The molecular formula is C25H19F3N6O6. The molecule has 4 rings (SSSR count). The summed E-state index contributed by atoms with van der Waals surface area (Å²) in [7, 11) is 1.37. The van der Waals surface area contributed by atoms with Gasteiger partial charge in [0.25, 0.3) is 11.4 Å². The van der Waals surface area contributed by atoms with Crippen LogP contribution < -0.4 is 25.4 Å². The smallest absolute Gasteiger partial charge is 0.480 e. The Kier molecular flexibility index (Phi) is 7.84. The number of benzene rings is 3. The van der Waals surface area contributed by atoms with Crippen LogP contribution in [0.1, 0.15) is 0 Å². The van der Waals surface area contributed by atoms with Gasteiger partial charge in [-0.1, -0.05) is 12.1 Å². The standard InChI is InChI=1S/C25H19F3N6O6/c1-39-24-19(7-4-12-29-24)32-21-13-20(22(33(35)36)14-23(21)34(37)38)31-18-6-3-2-5-17(18)30-15-8-10-16(11-9-15)40-25(26,27)28/h2-14,30-32H,1H3. The summed E-state index contributed by atoms with van der Waals surface area (Å²) < 4.78 is 46.4. The van der Waals surface area contributed by atoms with E-state index in [-0.39, 0.29) is 22.9 Å². The van der Waals surface area contributed by atoms with Crippen molar-refractivity contribution >= 4 is 45.5 Å². The van der Waals surface area contributed by atoms with Gasteiger partial charge in [-0.15, -0.1) is 13.2 Å². The Morgan fingerprint density at radius 3 is 1.85 bits per heavy atom. The molecule has 15 heteroatoms. The largest absolute Gasteiger partial charge is 0.573 e. The third-order valence-corrected chi connectivity index (χ3v) is 5.30. The molecule has 1 heterocycles. The lowest BCUT2D eigenvalue weighted by molar-refractivity contribution is -0.393. The van der Waals surface area contributed by atoms with Crippen LogP contribution in [-0.2, 0) is 0 Å². The number of nitro benzene ring substituents is 2. The lowest BCUT2D eigenvalue weighted by Gasteiger charge is -2.16. The van der Waals surface area contributed by atoms with E-state index in [4.69, 9.17) is 4.74 Å². The van der Waals surface area contributed by atoms with Crippen LogP contribution in [0.25, 0.3) is 0 Å². The zero-order valence-electron chi connectivity index (χ0n) is 20.4. The molecule has 1 aromatic heterocycles. The van der Waals surface area contributed by atoms with Crippen LogP contribution >= 0.6 is 0 Å². The number of methoxy groups -OCH3 is 1. The minimum atomic E-state index is -4.83. The molecule has 0 unspecified atom stereocenters. The zero-order chi connectivity index (χ0) is 28.9. The Morgan fingerprint density at radius 2 is 1.30 bits per heavy atom. The molecule has 4 aromatic rings. The molecule has 0 fully saturated rings. The van der Waals surface area contributed by atoms with Crippen molar-refractivity contribution in [1.29, 1.82) is 0 Å². The highest BCUT2D eigenvalue weighted by atomic mass is 19.4. The lowest BCUT2D eigenvalue weighted by atomic mass is 10.1. The molecule has 3 aromatic carbocycles. The van der Waals surface area contributed by atoms with Crippen molar-refractivity contribution in [3.8, 4) is 11.6 Å². The summed E-state index contributed by atoms with van der Waals surface area (Å²) in [6.07, 6.45) is -3.37. The monoisotopic (exact) mass is 556 g/mol. The van der Waals surface area contributed by atoms with E-state index in [1.165, 1.54) is 31.5 Å². The first kappa shape index (κ1) is 27.4. The number of aromatic nitrogens is 1. The van der Waals surface area contributed by atoms with Gasteiger partial charge in [-0.25, -0.2) is 4.98 Å². The number of nitrogens with one attached hydrogen (secondary N) is 3. The van der Waals surface area contributed by atoms with Crippen LogP contribution in [0.15, 0.2) is 79.0 Å². The van der Waals surface area contributed by atoms with E-state index < -0.39 is 33.3 Å². The predicted octanol–water partition coefficient (Wildman–Crippen LogP) is 7.04. The molecule has 0 atom stereocenters. The molecule has 0 spiro atoms. The number of anilines is 6. The van der Waals surface area contributed by atoms with Gasteiger partial charge < -0.3 is 25.4 Å². The Bertz CT molecular complexity index is 1550. The third-order valence-electron chi connectivity index (χ3n) is 5.30. The number of ether oxygens (including phenoxy) is 2. The van der Waals surface area contributed by atoms with E-state index in [0.29, 0.717) is 17.1 Å². The normalized spacial score (nSPS) is 10.9. The topological polar surface area (TPSA) is 154 Å². The fraction of sp³-hybridized carbons (Fsp3) is 0.0800. The molecule has 12 nitrogen and oxygen atoms in total. The zero-order valence-corrected chi connectivity index (χ0v) is 20.4. The molecule has 40 heavy (non-hydrogen) atoms. The molecule has 0 aliphatic heterocycles. The maximum Gasteiger partial charge on any atom is 0.573 e. The Morgan fingerprint density at radius 1 is 0.750 bits per heavy atom. The van der Waals surface area contributed by atoms with Crippen LogP contribution in [0, 0.1) is 20.2 Å². The first-order valence-electron chi connectivity index (χ1n) is 11.3. The van der Waals surface area contributed by atoms with Crippen molar-refractivity contribution in [2.24, 2.45) is 0 Å². The van der Waals surface area contributed by atoms with E-state index in [9.17, 15) is 33.4 Å². The quantitative estimate of drug-likeness (QED) is 0.137. The number of alkyl halides is 3. The maximum absolute atomic E-state index is 12.5. The van der Waals surface area contributed by atoms with Gasteiger partial charge in [0.15, 0.2) is 0 Å². The average molecular weight is 556 g/mol. The summed E-state index contributed by atoms with van der Waals surface area (Å²) in [6, 6.07) is 16.7. The van der Waals surface area contributed by atoms with Gasteiger partial charge in [0.1, 0.15) is 22.8 Å². The van der Waals surface area contributed by atoms with Gasteiger partial charge >= 0.3 is 6.36 Å². The average Bonchev–Trinajstić information content (AvgIpc) is 2.90. The van der Waals surface area contributed by atoms with Crippen molar-refractivity contribution in [2.75, 3.05) is 23.1 Å². The molecule has 0 aliphatic carbocycles. The summed E-state index contributed by atoms with van der Waals surface area (Å²) in [6.45, 7) is 0. The number of hydrogen-bond donors (Lipinski definition) is 3. The van der Waals surface area contributed by atoms with Gasteiger partial charge in [0.05, 0.1) is 34.4 Å². The first-order valence-corrected chi connectivity index (χ1v) is 11.3. The summed E-state index contributed by atoms with van der Waals surface area (Å²) in [4.78, 5) is 26.1. The molecule has 0 saturated heterocycles. The second-order valence-corrected chi connectivity index (χ2v) is 7.95. The van der Waals surface area contributed by atoms with Crippen molar-refractivity contribution in [3.05, 3.63) is 99.2 Å². The number of rotatable bonds is 10. The number of para-hydroxylation sites is 2. The molecule has 0 aliphatic rings. The van der Waals surface area contributed by atoms with Gasteiger partial charge in [0, 0.05) is 11.9 Å². The van der Waals surface area contributed by atoms with Gasteiger partial charge in [-0.2, -0.15) is 0 Å². The van der Waals surface area contributed by atoms with E-state index in [0.717, 1.165) is 18.2 Å². The molecular weight excluding hydrogens is 537 g/mol. The van der Waals surface area contributed by atoms with Crippen molar-refractivity contribution < 1.29 is 32.5 Å². The van der Waals surface area contributed by atoms with Crippen molar-refractivity contribution in [3.63, 3.8) is 0 Å². The molecule has 0 saturated carbocycles. The first-order chi connectivity index (χ1) is 19.0. The maximum atomic E-state index is 12.5. The molecule has 0 bridgehead atoms. The minimum Gasteiger partial charge on any atom is -0.480 e. The molecule has 0 amide bonds. The summed E-state index contributed by atoms with van der Waals surface area (Å²) in [5.41, 5.74) is 0.137. The summed E-state index contributed by atoms with van der Waals surface area (Å²) >= 11 is 0. The Hall–Kier alpha value is -5.60. The number of nitro groups is 2. The van der Waals surface area contributed by atoms with Crippen LogP contribution in [0.3, 0.4) is 0 Å². The second-order valence-electron chi connectivity index (χ2n) is 7.95. The Labute approximate surface area is 223 Å². The van der Waals surface area contributed by atoms with Crippen LogP contribution in [-0.4, -0.2) is 28.3 Å². The highest BCUT2D eigenvalue weighted by Crippen LogP contribution is 2.41. The van der Waals surface area contributed by atoms with Crippen LogP contribution in [0.5, 0.6) is 11.6 Å². The van der Waals surface area contributed by atoms with E-state index in [1.54, 1.807) is 36.4 Å². The van der Waals surface area contributed by atoms with E-state index in [1.807, 2.05) is 0 Å². The van der Waals surface area contributed by atoms with E-state index in [2.05, 4.69) is 25.7 Å². The minimum absolute atomic E-state index is 0.0740. The predicted molar refractivity (Wildman–Crippen MR) is 140 cm³/mol. The Balaban J connectivity index is 1.69. The van der Waals surface area contributed by atoms with Crippen molar-refractivity contribution in [1.82, 2.24) is 4.98 Å². The lowest BCUT2D eigenvalue weighted by Crippen LogP contribution is -2.16. The SMILES string of the molecule is COc1ncccc1Nc1cc(Nc2ccccc2Nc2ccc(OC(F)(F)F)cc2)c([N+](=O)[O-])cc1[N+](=O)[O-]. The fourth-order valence-corrected chi connectivity index (χ4v) is 3.61. The summed E-state index contributed by atoms with van der Waals surface area (Å²) in [5.74, 6) is -0.262. The van der Waals surface area contributed by atoms with Crippen molar-refractivity contribution in [2.45, 2.75) is 6.36 Å². The number of pyridine rings is 1. The third kappa shape index (κ3) is 6.63. The van der Waals surface area contributed by atoms with Gasteiger partial charge in [0.2, 0.25) is 5.88 Å². The van der Waals surface area contributed by atoms with E-state index >= 15 is 0 Å². The van der Waals surface area contributed by atoms with Gasteiger partial charge in [-0.05, 0) is 54.6 Å². The highest BCUT2D eigenvalue weighted by molar-refractivity contribution is 5.86. The molecule has 3 N–H and O–H groups in total. The van der Waals surface area contributed by atoms with Gasteiger partial charge in [-0.3, -0.25) is 20.2 Å². The second kappa shape index (κ2) is 11.4. The van der Waals surface area contributed by atoms with Crippen LogP contribution in [0.2, 0.25) is 0 Å². The summed E-state index contributed by atoms with van der Waals surface area (Å²) in [5, 5.41) is 32.4. The number of halogens is 3. The number of nitrogens with zero attached hydrogens (tertiary/aromatic N) is 3. The molecule has 0 radical (unpaired) electrons. The molecule has 206 valence electrons. The highest BCUT2D eigenvalue weighted by Gasteiger charge is 2.31. The number of hydrogen-bond acceptors (Lipinski definition) is 10. The van der Waals surface area contributed by atoms with Crippen LogP contribution in [0.4, 0.5) is 58.7 Å².